The second-order valence-corrected chi connectivity index (χ2v) is 6.49. The maximum absolute atomic E-state index is 13.4. The number of carbonyl (C=O) groups excluding carboxylic acids is 1. The van der Waals surface area contributed by atoms with E-state index in [1.807, 2.05) is 31.2 Å². The molecule has 0 saturated heterocycles. The number of nitrogens with zero attached hydrogens (tertiary/aromatic N) is 1. The molecule has 150 valence electrons. The van der Waals surface area contributed by atoms with Gasteiger partial charge in [-0.05, 0) is 42.8 Å². The molecule has 4 nitrogen and oxygen atoms in total. The van der Waals surface area contributed by atoms with Gasteiger partial charge < -0.3 is 9.88 Å². The van der Waals surface area contributed by atoms with Gasteiger partial charge in [0.05, 0.1) is 12.1 Å². The van der Waals surface area contributed by atoms with Gasteiger partial charge in [-0.1, -0.05) is 29.8 Å². The van der Waals surface area contributed by atoms with Crippen molar-refractivity contribution in [1.82, 2.24) is 4.57 Å². The number of pyridine rings is 1. The van der Waals surface area contributed by atoms with Crippen LogP contribution < -0.4 is 10.9 Å². The highest BCUT2D eigenvalue weighted by Crippen LogP contribution is 2.33. The minimum absolute atomic E-state index is 0.233. The molecule has 0 unspecified atom stereocenters. The highest BCUT2D eigenvalue weighted by Gasteiger charge is 2.34. The minimum atomic E-state index is -4.90. The number of nitrogens with one attached hydrogen (secondary N) is 1. The molecule has 1 amide bonds. The number of hydrogen-bond acceptors (Lipinski definition) is 2. The van der Waals surface area contributed by atoms with Gasteiger partial charge in [-0.15, -0.1) is 0 Å². The Morgan fingerprint density at radius 1 is 1.07 bits per heavy atom. The second-order valence-electron chi connectivity index (χ2n) is 6.49. The summed E-state index contributed by atoms with van der Waals surface area (Å²) in [6, 6.07) is 12.4. The Balaban J connectivity index is 1.86. The monoisotopic (exact) mass is 404 g/mol. The van der Waals surface area contributed by atoms with Gasteiger partial charge in [-0.25, -0.2) is 4.39 Å². The topological polar surface area (TPSA) is 51.1 Å². The molecular formula is C21H16F4N2O2. The van der Waals surface area contributed by atoms with Gasteiger partial charge in [0.15, 0.2) is 0 Å². The van der Waals surface area contributed by atoms with E-state index in [1.165, 1.54) is 22.9 Å². The predicted molar refractivity (Wildman–Crippen MR) is 100 cm³/mol. The summed E-state index contributed by atoms with van der Waals surface area (Å²) in [5.41, 5.74) is -0.723. The fraction of sp³-hybridized carbons (Fsp3) is 0.143. The molecule has 0 fully saturated rings. The number of benzene rings is 2. The summed E-state index contributed by atoms with van der Waals surface area (Å²) in [5, 5.41) is 2.22. The van der Waals surface area contributed by atoms with E-state index < -0.39 is 29.0 Å². The fourth-order valence-electron chi connectivity index (χ4n) is 2.86. The normalized spacial score (nSPS) is 11.3. The SMILES string of the molecule is Cc1cccc(Cn2cccc(C(=O)Nc3ccc(F)c(C(F)(F)F)c3)c2=O)c1. The van der Waals surface area contributed by atoms with Crippen molar-refractivity contribution in [2.24, 2.45) is 0 Å². The fourth-order valence-corrected chi connectivity index (χ4v) is 2.86. The van der Waals surface area contributed by atoms with Crippen LogP contribution in [0.1, 0.15) is 27.0 Å². The summed E-state index contributed by atoms with van der Waals surface area (Å²) in [4.78, 5) is 25.1. The van der Waals surface area contributed by atoms with Crippen LogP contribution in [0.25, 0.3) is 0 Å². The van der Waals surface area contributed by atoms with Gasteiger partial charge >= 0.3 is 6.18 Å². The van der Waals surface area contributed by atoms with Gasteiger partial charge in [0.25, 0.3) is 11.5 Å². The minimum Gasteiger partial charge on any atom is -0.322 e. The number of rotatable bonds is 4. The van der Waals surface area contributed by atoms with Crippen LogP contribution in [0, 0.1) is 12.7 Å². The Labute approximate surface area is 163 Å². The van der Waals surface area contributed by atoms with Gasteiger partial charge in [0.2, 0.25) is 0 Å². The molecule has 3 aromatic rings. The van der Waals surface area contributed by atoms with Crippen molar-refractivity contribution in [3.63, 3.8) is 0 Å². The van der Waals surface area contributed by atoms with E-state index >= 15 is 0 Å². The Morgan fingerprint density at radius 2 is 1.83 bits per heavy atom. The van der Waals surface area contributed by atoms with Crippen LogP contribution in [-0.2, 0) is 12.7 Å². The van der Waals surface area contributed by atoms with E-state index in [0.717, 1.165) is 17.2 Å². The van der Waals surface area contributed by atoms with Crippen molar-refractivity contribution in [2.45, 2.75) is 19.6 Å². The summed E-state index contributed by atoms with van der Waals surface area (Å²) < 4.78 is 53.2. The van der Waals surface area contributed by atoms with Gasteiger partial charge in [0.1, 0.15) is 11.4 Å². The first kappa shape index (κ1) is 20.3. The van der Waals surface area contributed by atoms with Crippen LogP contribution in [0.2, 0.25) is 0 Å². The van der Waals surface area contributed by atoms with Gasteiger partial charge in [-0.2, -0.15) is 13.2 Å². The molecule has 29 heavy (non-hydrogen) atoms. The van der Waals surface area contributed by atoms with Crippen LogP contribution in [0.3, 0.4) is 0 Å². The Morgan fingerprint density at radius 3 is 2.52 bits per heavy atom. The maximum atomic E-state index is 13.4. The number of carbonyl (C=O) groups is 1. The van der Waals surface area contributed by atoms with Crippen LogP contribution in [0.5, 0.6) is 0 Å². The van der Waals surface area contributed by atoms with E-state index in [1.54, 1.807) is 0 Å². The van der Waals surface area contributed by atoms with E-state index in [0.29, 0.717) is 12.1 Å². The molecule has 1 heterocycles. The van der Waals surface area contributed by atoms with Crippen molar-refractivity contribution in [3.8, 4) is 0 Å². The lowest BCUT2D eigenvalue weighted by Gasteiger charge is -2.12. The van der Waals surface area contributed by atoms with E-state index in [2.05, 4.69) is 5.32 Å². The number of alkyl halides is 3. The first-order chi connectivity index (χ1) is 13.6. The lowest BCUT2D eigenvalue weighted by Crippen LogP contribution is -2.29. The van der Waals surface area contributed by atoms with Crippen LogP contribution in [-0.4, -0.2) is 10.5 Å². The summed E-state index contributed by atoms with van der Waals surface area (Å²) in [6.45, 7) is 2.14. The molecule has 0 bridgehead atoms. The third-order valence-electron chi connectivity index (χ3n) is 4.23. The van der Waals surface area contributed by atoms with E-state index in [4.69, 9.17) is 0 Å². The number of hydrogen-bond donors (Lipinski definition) is 1. The van der Waals surface area contributed by atoms with Crippen molar-refractivity contribution in [2.75, 3.05) is 5.32 Å². The molecule has 1 aromatic heterocycles. The second kappa shape index (κ2) is 7.90. The highest BCUT2D eigenvalue weighted by molar-refractivity contribution is 6.04. The Bertz CT molecular complexity index is 1120. The predicted octanol–water partition coefficient (Wildman–Crippen LogP) is 4.62. The first-order valence-electron chi connectivity index (χ1n) is 8.58. The summed E-state index contributed by atoms with van der Waals surface area (Å²) >= 11 is 0. The van der Waals surface area contributed by atoms with Crippen LogP contribution in [0.4, 0.5) is 23.2 Å². The zero-order chi connectivity index (χ0) is 21.2. The summed E-state index contributed by atoms with van der Waals surface area (Å²) in [5.74, 6) is -2.33. The third-order valence-corrected chi connectivity index (χ3v) is 4.23. The Hall–Kier alpha value is -3.42. The lowest BCUT2D eigenvalue weighted by atomic mass is 10.1. The lowest BCUT2D eigenvalue weighted by molar-refractivity contribution is -0.139. The average Bonchev–Trinajstić information content (AvgIpc) is 2.64. The Kier molecular flexibility index (Phi) is 5.54. The van der Waals surface area contributed by atoms with Crippen molar-refractivity contribution in [3.05, 3.63) is 99.2 Å². The molecule has 3 rings (SSSR count). The summed E-state index contributed by atoms with van der Waals surface area (Å²) in [7, 11) is 0. The standard InChI is InChI=1S/C21H16F4N2O2/c1-13-4-2-5-14(10-13)12-27-9-3-6-16(20(27)29)19(28)26-15-7-8-18(22)17(11-15)21(23,24)25/h2-11H,12H2,1H3,(H,26,28). The van der Waals surface area contributed by atoms with Gasteiger partial charge in [-0.3, -0.25) is 9.59 Å². The van der Waals surface area contributed by atoms with Crippen molar-refractivity contribution < 1.29 is 22.4 Å². The maximum Gasteiger partial charge on any atom is 0.419 e. The van der Waals surface area contributed by atoms with Crippen molar-refractivity contribution >= 4 is 11.6 Å². The highest BCUT2D eigenvalue weighted by atomic mass is 19.4. The number of halogens is 4. The van der Waals surface area contributed by atoms with Crippen LogP contribution >= 0.6 is 0 Å². The number of amides is 1. The average molecular weight is 404 g/mol. The number of aryl methyl sites for hydroxylation is 1. The van der Waals surface area contributed by atoms with E-state index in [9.17, 15) is 27.2 Å². The molecule has 0 atom stereocenters. The molecule has 2 aromatic carbocycles. The zero-order valence-corrected chi connectivity index (χ0v) is 15.3. The molecule has 0 aliphatic carbocycles. The molecule has 0 aliphatic rings. The molecular weight excluding hydrogens is 388 g/mol. The molecule has 0 saturated carbocycles. The third kappa shape index (κ3) is 4.71. The smallest absolute Gasteiger partial charge is 0.322 e. The quantitative estimate of drug-likeness (QED) is 0.646. The van der Waals surface area contributed by atoms with Crippen LogP contribution in [0.15, 0.2) is 65.6 Å². The molecule has 0 spiro atoms. The molecule has 8 heteroatoms. The summed E-state index contributed by atoms with van der Waals surface area (Å²) in [6.07, 6.45) is -3.39. The zero-order valence-electron chi connectivity index (χ0n) is 15.3. The number of aromatic nitrogens is 1. The molecule has 1 N–H and O–H groups in total. The number of anilines is 1. The first-order valence-corrected chi connectivity index (χ1v) is 8.58. The molecule has 0 aliphatic heterocycles. The largest absolute Gasteiger partial charge is 0.419 e. The van der Waals surface area contributed by atoms with Gasteiger partial charge in [0, 0.05) is 11.9 Å². The van der Waals surface area contributed by atoms with E-state index in [-0.39, 0.29) is 17.8 Å². The molecule has 0 radical (unpaired) electrons. The van der Waals surface area contributed by atoms with Crippen molar-refractivity contribution in [1.29, 1.82) is 0 Å².